The summed E-state index contributed by atoms with van der Waals surface area (Å²) in [6.07, 6.45) is 4.04. The lowest BCUT2D eigenvalue weighted by Gasteiger charge is -2.35. The van der Waals surface area contributed by atoms with Gasteiger partial charge in [0.15, 0.2) is 0 Å². The van der Waals surface area contributed by atoms with Crippen molar-refractivity contribution in [3.05, 3.63) is 0 Å². The highest BCUT2D eigenvalue weighted by molar-refractivity contribution is 4.79. The number of likely N-dealkylation sites (tertiary alicyclic amines) is 1. The van der Waals surface area contributed by atoms with Crippen LogP contribution in [0.15, 0.2) is 0 Å². The average Bonchev–Trinajstić information content (AvgIpc) is 2.35. The molecule has 0 spiro atoms. The fourth-order valence-electron chi connectivity index (χ4n) is 2.47. The third-order valence-corrected chi connectivity index (χ3v) is 4.27. The highest BCUT2D eigenvalue weighted by Gasteiger charge is 2.22. The van der Waals surface area contributed by atoms with E-state index in [1.54, 1.807) is 0 Å². The predicted molar refractivity (Wildman–Crippen MR) is 71.8 cm³/mol. The third-order valence-electron chi connectivity index (χ3n) is 4.27. The van der Waals surface area contributed by atoms with E-state index in [2.05, 4.69) is 37.9 Å². The van der Waals surface area contributed by atoms with Crippen molar-refractivity contribution in [3.8, 4) is 0 Å². The van der Waals surface area contributed by atoms with Gasteiger partial charge in [-0.15, -0.1) is 0 Å². The van der Waals surface area contributed by atoms with Crippen LogP contribution in [0.5, 0.6) is 0 Å². The fourth-order valence-corrected chi connectivity index (χ4v) is 2.47. The monoisotopic (exact) mass is 226 g/mol. The van der Waals surface area contributed by atoms with E-state index >= 15 is 0 Å². The Labute approximate surface area is 102 Å². The minimum atomic E-state index is 0.702. The zero-order chi connectivity index (χ0) is 12.0. The first-order valence-electron chi connectivity index (χ1n) is 7.13. The molecule has 1 aliphatic heterocycles. The molecule has 1 N–H and O–H groups in total. The minimum Gasteiger partial charge on any atom is -0.314 e. The molecule has 2 heteroatoms. The summed E-state index contributed by atoms with van der Waals surface area (Å²) in [7, 11) is 0. The van der Waals surface area contributed by atoms with Gasteiger partial charge < -0.3 is 10.2 Å². The van der Waals surface area contributed by atoms with Crippen LogP contribution in [-0.2, 0) is 0 Å². The SMILES string of the molecule is CCC(C)CNC(C)C1CCN(CC)CC1. The largest absolute Gasteiger partial charge is 0.314 e. The van der Waals surface area contributed by atoms with Crippen LogP contribution in [0, 0.1) is 11.8 Å². The van der Waals surface area contributed by atoms with Crippen molar-refractivity contribution in [2.75, 3.05) is 26.2 Å². The number of hydrogen-bond donors (Lipinski definition) is 1. The van der Waals surface area contributed by atoms with Gasteiger partial charge in [0, 0.05) is 6.04 Å². The number of hydrogen-bond acceptors (Lipinski definition) is 2. The molecule has 0 radical (unpaired) electrons. The third kappa shape index (κ3) is 4.42. The Balaban J connectivity index is 2.20. The summed E-state index contributed by atoms with van der Waals surface area (Å²) >= 11 is 0. The summed E-state index contributed by atoms with van der Waals surface area (Å²) in [5, 5.41) is 3.72. The highest BCUT2D eigenvalue weighted by atomic mass is 15.1. The van der Waals surface area contributed by atoms with E-state index in [1.165, 1.54) is 45.4 Å². The van der Waals surface area contributed by atoms with Crippen molar-refractivity contribution < 1.29 is 0 Å². The second-order valence-electron chi connectivity index (χ2n) is 5.48. The molecule has 0 amide bonds. The van der Waals surface area contributed by atoms with Crippen LogP contribution in [0.3, 0.4) is 0 Å². The molecule has 2 nitrogen and oxygen atoms in total. The number of piperidine rings is 1. The highest BCUT2D eigenvalue weighted by Crippen LogP contribution is 2.20. The normalized spacial score (nSPS) is 23.2. The van der Waals surface area contributed by atoms with Gasteiger partial charge >= 0.3 is 0 Å². The molecular formula is C14H30N2. The van der Waals surface area contributed by atoms with Gasteiger partial charge in [-0.05, 0) is 57.8 Å². The number of nitrogens with one attached hydrogen (secondary N) is 1. The van der Waals surface area contributed by atoms with Crippen LogP contribution < -0.4 is 5.32 Å². The lowest BCUT2D eigenvalue weighted by atomic mass is 9.90. The average molecular weight is 226 g/mol. The molecule has 96 valence electrons. The van der Waals surface area contributed by atoms with Gasteiger partial charge in [-0.2, -0.15) is 0 Å². The van der Waals surface area contributed by atoms with E-state index in [-0.39, 0.29) is 0 Å². The lowest BCUT2D eigenvalue weighted by molar-refractivity contribution is 0.167. The molecule has 1 rings (SSSR count). The van der Waals surface area contributed by atoms with Gasteiger partial charge in [0.25, 0.3) is 0 Å². The summed E-state index contributed by atoms with van der Waals surface area (Å²) in [6, 6.07) is 0.702. The Morgan fingerprint density at radius 1 is 1.19 bits per heavy atom. The van der Waals surface area contributed by atoms with Crippen LogP contribution in [-0.4, -0.2) is 37.1 Å². The van der Waals surface area contributed by atoms with Crippen molar-refractivity contribution in [1.29, 1.82) is 0 Å². The number of nitrogens with zero attached hydrogens (tertiary/aromatic N) is 1. The molecule has 0 aromatic carbocycles. The molecule has 1 aliphatic rings. The van der Waals surface area contributed by atoms with Crippen molar-refractivity contribution in [1.82, 2.24) is 10.2 Å². The standard InChI is InChI=1S/C14H30N2/c1-5-12(3)11-15-13(4)14-7-9-16(6-2)10-8-14/h12-15H,5-11H2,1-4H3. The Hall–Kier alpha value is -0.0800. The van der Waals surface area contributed by atoms with Gasteiger partial charge in [0.2, 0.25) is 0 Å². The van der Waals surface area contributed by atoms with Crippen LogP contribution in [0.1, 0.15) is 47.0 Å². The quantitative estimate of drug-likeness (QED) is 0.749. The first kappa shape index (κ1) is 14.0. The van der Waals surface area contributed by atoms with Gasteiger partial charge in [0.1, 0.15) is 0 Å². The summed E-state index contributed by atoms with van der Waals surface area (Å²) < 4.78 is 0. The van der Waals surface area contributed by atoms with Gasteiger partial charge in [-0.25, -0.2) is 0 Å². The van der Waals surface area contributed by atoms with Gasteiger partial charge in [-0.3, -0.25) is 0 Å². The molecule has 0 saturated carbocycles. The molecule has 2 atom stereocenters. The lowest BCUT2D eigenvalue weighted by Crippen LogP contribution is -2.42. The van der Waals surface area contributed by atoms with Crippen LogP contribution >= 0.6 is 0 Å². The molecule has 1 fully saturated rings. The van der Waals surface area contributed by atoms with Crippen molar-refractivity contribution in [2.45, 2.75) is 53.0 Å². The molecule has 16 heavy (non-hydrogen) atoms. The molecular weight excluding hydrogens is 196 g/mol. The van der Waals surface area contributed by atoms with Crippen LogP contribution in [0.25, 0.3) is 0 Å². The van der Waals surface area contributed by atoms with Crippen molar-refractivity contribution in [3.63, 3.8) is 0 Å². The van der Waals surface area contributed by atoms with E-state index in [0.717, 1.165) is 11.8 Å². The van der Waals surface area contributed by atoms with Crippen LogP contribution in [0.2, 0.25) is 0 Å². The molecule has 2 unspecified atom stereocenters. The second-order valence-corrected chi connectivity index (χ2v) is 5.48. The molecule has 0 aliphatic carbocycles. The maximum atomic E-state index is 3.72. The first-order chi connectivity index (χ1) is 7.67. The molecule has 1 saturated heterocycles. The maximum Gasteiger partial charge on any atom is 0.00680 e. The summed E-state index contributed by atoms with van der Waals surface area (Å²) in [5.41, 5.74) is 0. The topological polar surface area (TPSA) is 15.3 Å². The minimum absolute atomic E-state index is 0.702. The van der Waals surface area contributed by atoms with Gasteiger partial charge in [0.05, 0.1) is 0 Å². The molecule has 0 bridgehead atoms. The van der Waals surface area contributed by atoms with Crippen molar-refractivity contribution >= 4 is 0 Å². The Morgan fingerprint density at radius 2 is 1.81 bits per heavy atom. The van der Waals surface area contributed by atoms with E-state index in [1.807, 2.05) is 0 Å². The second kappa shape index (κ2) is 7.29. The van der Waals surface area contributed by atoms with Gasteiger partial charge in [-0.1, -0.05) is 27.2 Å². The summed E-state index contributed by atoms with van der Waals surface area (Å²) in [5.74, 6) is 1.71. The van der Waals surface area contributed by atoms with Crippen LogP contribution in [0.4, 0.5) is 0 Å². The fraction of sp³-hybridized carbons (Fsp3) is 1.00. The zero-order valence-corrected chi connectivity index (χ0v) is 11.6. The first-order valence-corrected chi connectivity index (χ1v) is 7.13. The summed E-state index contributed by atoms with van der Waals surface area (Å²) in [6.45, 7) is 14.3. The Morgan fingerprint density at radius 3 is 2.31 bits per heavy atom. The van der Waals surface area contributed by atoms with Crippen molar-refractivity contribution in [2.24, 2.45) is 11.8 Å². The predicted octanol–water partition coefficient (Wildman–Crippen LogP) is 2.74. The van der Waals surface area contributed by atoms with E-state index in [0.29, 0.717) is 6.04 Å². The number of rotatable bonds is 6. The molecule has 0 aromatic rings. The van der Waals surface area contributed by atoms with E-state index in [4.69, 9.17) is 0 Å². The smallest absolute Gasteiger partial charge is 0.00680 e. The Bertz CT molecular complexity index is 174. The molecule has 0 aromatic heterocycles. The van der Waals surface area contributed by atoms with E-state index in [9.17, 15) is 0 Å². The summed E-state index contributed by atoms with van der Waals surface area (Å²) in [4.78, 5) is 2.57. The Kier molecular flexibility index (Phi) is 6.37. The zero-order valence-electron chi connectivity index (χ0n) is 11.6. The molecule has 1 heterocycles. The maximum absolute atomic E-state index is 3.72. The van der Waals surface area contributed by atoms with E-state index < -0.39 is 0 Å².